The number of carbonyl (C=O) groups excluding carboxylic acids is 2. The summed E-state index contributed by atoms with van der Waals surface area (Å²) in [6, 6.07) is 20.9. The van der Waals surface area contributed by atoms with Crippen LogP contribution in [0.1, 0.15) is 17.3 Å². The van der Waals surface area contributed by atoms with E-state index in [0.717, 1.165) is 4.31 Å². The standard InChI is InChI=1S/C24H23ClN2O5S/c1-3-27(20-11-5-4-6-12-20)23(28)17-32-24(29)18-9-7-14-22(15-18)33(30,31)26(2)21-13-8-10-19(25)16-21/h4-16H,3,17H2,1-2H3. The minimum Gasteiger partial charge on any atom is -0.452 e. The van der Waals surface area contributed by atoms with Crippen LogP contribution in [0.3, 0.4) is 0 Å². The summed E-state index contributed by atoms with van der Waals surface area (Å²) < 4.78 is 32.3. The van der Waals surface area contributed by atoms with Gasteiger partial charge < -0.3 is 9.64 Å². The number of rotatable bonds is 8. The fourth-order valence-electron chi connectivity index (χ4n) is 3.15. The second-order valence-electron chi connectivity index (χ2n) is 7.03. The van der Waals surface area contributed by atoms with Gasteiger partial charge in [0.1, 0.15) is 0 Å². The van der Waals surface area contributed by atoms with Crippen molar-refractivity contribution in [1.82, 2.24) is 0 Å². The molecule has 0 spiro atoms. The Morgan fingerprint density at radius 2 is 1.58 bits per heavy atom. The van der Waals surface area contributed by atoms with Gasteiger partial charge in [-0.2, -0.15) is 0 Å². The third-order valence-corrected chi connectivity index (χ3v) is 6.93. The third-order valence-electron chi connectivity index (χ3n) is 4.91. The molecule has 0 bridgehead atoms. The molecule has 0 N–H and O–H groups in total. The number of anilines is 2. The molecular formula is C24H23ClN2O5S. The zero-order valence-electron chi connectivity index (χ0n) is 18.1. The quantitative estimate of drug-likeness (QED) is 0.441. The molecule has 0 saturated heterocycles. The minimum atomic E-state index is -3.96. The van der Waals surface area contributed by atoms with Crippen molar-refractivity contribution >= 4 is 44.9 Å². The molecule has 3 aromatic carbocycles. The molecule has 0 aliphatic heterocycles. The molecule has 0 saturated carbocycles. The maximum absolute atomic E-state index is 13.0. The molecule has 0 heterocycles. The highest BCUT2D eigenvalue weighted by Crippen LogP contribution is 2.25. The van der Waals surface area contributed by atoms with Gasteiger partial charge in [-0.15, -0.1) is 0 Å². The first-order chi connectivity index (χ1) is 15.7. The van der Waals surface area contributed by atoms with Crippen LogP contribution in [-0.2, 0) is 19.6 Å². The zero-order chi connectivity index (χ0) is 24.0. The lowest BCUT2D eigenvalue weighted by Crippen LogP contribution is -2.34. The van der Waals surface area contributed by atoms with Crippen LogP contribution in [0.5, 0.6) is 0 Å². The molecular weight excluding hydrogens is 464 g/mol. The number of sulfonamides is 1. The van der Waals surface area contributed by atoms with Crippen molar-refractivity contribution in [3.05, 3.63) is 89.4 Å². The summed E-state index contributed by atoms with van der Waals surface area (Å²) in [4.78, 5) is 26.5. The Hall–Kier alpha value is -3.36. The van der Waals surface area contributed by atoms with Crippen LogP contribution in [0.4, 0.5) is 11.4 Å². The van der Waals surface area contributed by atoms with Gasteiger partial charge in [-0.1, -0.05) is 41.9 Å². The molecule has 3 rings (SSSR count). The Kier molecular flexibility index (Phi) is 7.73. The monoisotopic (exact) mass is 486 g/mol. The topological polar surface area (TPSA) is 84.0 Å². The molecule has 0 atom stereocenters. The fraction of sp³-hybridized carbons (Fsp3) is 0.167. The van der Waals surface area contributed by atoms with E-state index in [1.807, 2.05) is 25.1 Å². The summed E-state index contributed by atoms with van der Waals surface area (Å²) in [6.45, 7) is 1.75. The van der Waals surface area contributed by atoms with Crippen molar-refractivity contribution in [3.8, 4) is 0 Å². The normalized spacial score (nSPS) is 11.0. The van der Waals surface area contributed by atoms with Crippen LogP contribution in [0, 0.1) is 0 Å². The van der Waals surface area contributed by atoms with Crippen LogP contribution in [0.25, 0.3) is 0 Å². The van der Waals surface area contributed by atoms with Crippen molar-refractivity contribution in [2.45, 2.75) is 11.8 Å². The van der Waals surface area contributed by atoms with E-state index in [4.69, 9.17) is 16.3 Å². The van der Waals surface area contributed by atoms with E-state index in [0.29, 0.717) is 22.9 Å². The minimum absolute atomic E-state index is 0.0196. The Morgan fingerprint density at radius 1 is 0.909 bits per heavy atom. The first kappa shape index (κ1) is 24.3. The van der Waals surface area contributed by atoms with E-state index in [1.165, 1.54) is 42.3 Å². The molecule has 0 aromatic heterocycles. The molecule has 172 valence electrons. The molecule has 0 aliphatic rings. The van der Waals surface area contributed by atoms with Crippen molar-refractivity contribution in [2.75, 3.05) is 29.4 Å². The smallest absolute Gasteiger partial charge is 0.338 e. The lowest BCUT2D eigenvalue weighted by Gasteiger charge is -2.21. The number of amides is 1. The predicted molar refractivity (Wildman–Crippen MR) is 128 cm³/mol. The lowest BCUT2D eigenvalue weighted by atomic mass is 10.2. The summed E-state index contributed by atoms with van der Waals surface area (Å²) in [7, 11) is -2.56. The van der Waals surface area contributed by atoms with Crippen molar-refractivity contribution in [3.63, 3.8) is 0 Å². The van der Waals surface area contributed by atoms with Crippen LogP contribution in [0.15, 0.2) is 83.8 Å². The SMILES string of the molecule is CCN(C(=O)COC(=O)c1cccc(S(=O)(=O)N(C)c2cccc(Cl)c2)c1)c1ccccc1. The van der Waals surface area contributed by atoms with Crippen molar-refractivity contribution < 1.29 is 22.7 Å². The number of ether oxygens (including phenoxy) is 1. The number of carbonyl (C=O) groups is 2. The van der Waals surface area contributed by atoms with Gasteiger partial charge in [-0.3, -0.25) is 9.10 Å². The van der Waals surface area contributed by atoms with E-state index in [-0.39, 0.29) is 16.4 Å². The van der Waals surface area contributed by atoms with Crippen LogP contribution in [-0.4, -0.2) is 40.5 Å². The van der Waals surface area contributed by atoms with Crippen molar-refractivity contribution in [1.29, 1.82) is 0 Å². The maximum atomic E-state index is 13.0. The number of esters is 1. The van der Waals surface area contributed by atoms with E-state index in [1.54, 1.807) is 30.3 Å². The number of para-hydroxylation sites is 1. The first-order valence-electron chi connectivity index (χ1n) is 10.1. The Bertz CT molecular complexity index is 1250. The lowest BCUT2D eigenvalue weighted by molar-refractivity contribution is -0.121. The summed E-state index contributed by atoms with van der Waals surface area (Å²) >= 11 is 5.97. The fourth-order valence-corrected chi connectivity index (χ4v) is 4.57. The second kappa shape index (κ2) is 10.5. The van der Waals surface area contributed by atoms with Gasteiger partial charge in [0.2, 0.25) is 0 Å². The summed E-state index contributed by atoms with van der Waals surface area (Å²) in [6.07, 6.45) is 0. The van der Waals surface area contributed by atoms with E-state index >= 15 is 0 Å². The Labute approximate surface area is 198 Å². The molecule has 33 heavy (non-hydrogen) atoms. The number of benzene rings is 3. The van der Waals surface area contributed by atoms with Crippen LogP contribution < -0.4 is 9.21 Å². The Balaban J connectivity index is 1.73. The van der Waals surface area contributed by atoms with Gasteiger partial charge in [0.15, 0.2) is 6.61 Å². The summed E-state index contributed by atoms with van der Waals surface area (Å²) in [5.74, 6) is -1.18. The van der Waals surface area contributed by atoms with Gasteiger partial charge in [-0.25, -0.2) is 13.2 Å². The van der Waals surface area contributed by atoms with Gasteiger partial charge in [-0.05, 0) is 55.5 Å². The van der Waals surface area contributed by atoms with E-state index in [2.05, 4.69) is 0 Å². The maximum Gasteiger partial charge on any atom is 0.338 e. The zero-order valence-corrected chi connectivity index (χ0v) is 19.7. The molecule has 0 radical (unpaired) electrons. The van der Waals surface area contributed by atoms with Crippen LogP contribution in [0.2, 0.25) is 5.02 Å². The van der Waals surface area contributed by atoms with E-state index in [9.17, 15) is 18.0 Å². The number of hydrogen-bond acceptors (Lipinski definition) is 5. The number of likely N-dealkylation sites (N-methyl/N-ethyl adjacent to an activating group) is 1. The van der Waals surface area contributed by atoms with Crippen molar-refractivity contribution in [2.24, 2.45) is 0 Å². The molecule has 0 fully saturated rings. The highest BCUT2D eigenvalue weighted by atomic mass is 35.5. The highest BCUT2D eigenvalue weighted by Gasteiger charge is 2.23. The van der Waals surface area contributed by atoms with Crippen LogP contribution >= 0.6 is 11.6 Å². The second-order valence-corrected chi connectivity index (χ2v) is 9.44. The number of halogens is 1. The van der Waals surface area contributed by atoms with Gasteiger partial charge in [0, 0.05) is 24.3 Å². The van der Waals surface area contributed by atoms with E-state index < -0.39 is 22.6 Å². The molecule has 7 nitrogen and oxygen atoms in total. The third kappa shape index (κ3) is 5.71. The largest absolute Gasteiger partial charge is 0.452 e. The predicted octanol–water partition coefficient (Wildman–Crippen LogP) is 4.38. The average molecular weight is 487 g/mol. The highest BCUT2D eigenvalue weighted by molar-refractivity contribution is 7.92. The van der Waals surface area contributed by atoms with Gasteiger partial charge >= 0.3 is 5.97 Å². The number of hydrogen-bond donors (Lipinski definition) is 0. The van der Waals surface area contributed by atoms with Gasteiger partial charge in [0.25, 0.3) is 15.9 Å². The summed E-state index contributed by atoms with van der Waals surface area (Å²) in [5, 5.41) is 0.396. The first-order valence-corrected chi connectivity index (χ1v) is 11.9. The molecule has 9 heteroatoms. The molecule has 0 aliphatic carbocycles. The average Bonchev–Trinajstić information content (AvgIpc) is 2.83. The Morgan fingerprint density at radius 3 is 2.24 bits per heavy atom. The molecule has 0 unspecified atom stereocenters. The summed E-state index contributed by atoms with van der Waals surface area (Å²) in [5.41, 5.74) is 1.09. The number of nitrogens with zero attached hydrogens (tertiary/aromatic N) is 2. The molecule has 3 aromatic rings. The molecule has 1 amide bonds. The van der Waals surface area contributed by atoms with Gasteiger partial charge in [0.05, 0.1) is 16.1 Å².